The Morgan fingerprint density at radius 1 is 1.28 bits per heavy atom. The minimum atomic E-state index is -0.352. The lowest BCUT2D eigenvalue weighted by molar-refractivity contribution is -0.0162. The molecule has 0 spiro atoms. The van der Waals surface area contributed by atoms with E-state index in [1.807, 2.05) is 0 Å². The maximum atomic E-state index is 13.3. The van der Waals surface area contributed by atoms with Gasteiger partial charge in [-0.15, -0.1) is 0 Å². The SMILES string of the molecule is COC[C@H]1CCCN1C[C@H]1CN2CC[C@H]1C[C@@H]2CNC(=O)Nc1cccc(F)c1. The van der Waals surface area contributed by atoms with Gasteiger partial charge in [0, 0.05) is 44.5 Å². The number of methoxy groups -OCH3 is 1. The van der Waals surface area contributed by atoms with Gasteiger partial charge in [-0.25, -0.2) is 9.18 Å². The second kappa shape index (κ2) is 9.41. The zero-order valence-electron chi connectivity index (χ0n) is 17.3. The molecule has 0 radical (unpaired) electrons. The van der Waals surface area contributed by atoms with Crippen molar-refractivity contribution in [2.24, 2.45) is 11.8 Å². The number of likely N-dealkylation sites (tertiary alicyclic amines) is 1. The topological polar surface area (TPSA) is 56.8 Å². The molecule has 0 aliphatic carbocycles. The van der Waals surface area contributed by atoms with Gasteiger partial charge in [-0.3, -0.25) is 9.80 Å². The summed E-state index contributed by atoms with van der Waals surface area (Å²) in [5, 5.41) is 5.69. The predicted octanol–water partition coefficient (Wildman–Crippen LogP) is 2.77. The number of nitrogens with zero attached hydrogens (tertiary/aromatic N) is 2. The Kier molecular flexibility index (Phi) is 6.67. The van der Waals surface area contributed by atoms with Crippen LogP contribution in [0.2, 0.25) is 0 Å². The second-order valence-electron chi connectivity index (χ2n) is 8.78. The van der Waals surface area contributed by atoms with Crippen LogP contribution in [0.15, 0.2) is 24.3 Å². The third kappa shape index (κ3) is 5.08. The number of nitrogens with one attached hydrogen (secondary N) is 2. The van der Waals surface area contributed by atoms with Crippen LogP contribution in [0.1, 0.15) is 25.7 Å². The Bertz CT molecular complexity index is 703. The quantitative estimate of drug-likeness (QED) is 0.734. The molecule has 29 heavy (non-hydrogen) atoms. The lowest BCUT2D eigenvalue weighted by atomic mass is 9.75. The van der Waals surface area contributed by atoms with Gasteiger partial charge in [0.2, 0.25) is 0 Å². The zero-order valence-corrected chi connectivity index (χ0v) is 17.3. The molecule has 0 aromatic heterocycles. The molecule has 2 bridgehead atoms. The fraction of sp³-hybridized carbons (Fsp3) is 0.682. The van der Waals surface area contributed by atoms with E-state index in [9.17, 15) is 9.18 Å². The molecule has 5 rings (SSSR count). The molecule has 4 fully saturated rings. The van der Waals surface area contributed by atoms with Gasteiger partial charge in [-0.1, -0.05) is 6.07 Å². The number of urea groups is 1. The first kappa shape index (κ1) is 20.6. The lowest BCUT2D eigenvalue weighted by Crippen LogP contribution is -2.59. The fourth-order valence-corrected chi connectivity index (χ4v) is 5.44. The minimum absolute atomic E-state index is 0.269. The number of carbonyl (C=O) groups excluding carboxylic acids is 1. The minimum Gasteiger partial charge on any atom is -0.383 e. The van der Waals surface area contributed by atoms with Crippen LogP contribution >= 0.6 is 0 Å². The highest BCUT2D eigenvalue weighted by Crippen LogP contribution is 2.37. The van der Waals surface area contributed by atoms with E-state index in [2.05, 4.69) is 20.4 Å². The number of carbonyl (C=O) groups is 1. The van der Waals surface area contributed by atoms with Gasteiger partial charge in [0.15, 0.2) is 0 Å². The predicted molar refractivity (Wildman–Crippen MR) is 111 cm³/mol. The summed E-state index contributed by atoms with van der Waals surface area (Å²) >= 11 is 0. The van der Waals surface area contributed by atoms with Crippen LogP contribution < -0.4 is 10.6 Å². The third-order valence-corrected chi connectivity index (χ3v) is 6.92. The fourth-order valence-electron chi connectivity index (χ4n) is 5.44. The normalized spacial score (nSPS) is 31.7. The van der Waals surface area contributed by atoms with E-state index in [0.717, 1.165) is 38.0 Å². The van der Waals surface area contributed by atoms with E-state index in [1.54, 1.807) is 19.2 Å². The number of rotatable bonds is 7. The van der Waals surface area contributed by atoms with Gasteiger partial charge in [-0.05, 0) is 68.8 Å². The zero-order chi connectivity index (χ0) is 20.2. The first-order valence-corrected chi connectivity index (χ1v) is 10.9. The number of benzene rings is 1. The number of piperidine rings is 3. The summed E-state index contributed by atoms with van der Waals surface area (Å²) in [7, 11) is 1.80. The van der Waals surface area contributed by atoms with Gasteiger partial charge >= 0.3 is 6.03 Å². The summed E-state index contributed by atoms with van der Waals surface area (Å²) in [5.74, 6) is 1.11. The van der Waals surface area contributed by atoms with Crippen LogP contribution in [0.4, 0.5) is 14.9 Å². The van der Waals surface area contributed by atoms with E-state index in [1.165, 1.54) is 44.5 Å². The van der Waals surface area contributed by atoms with Crippen LogP contribution in [0.5, 0.6) is 0 Å². The van der Waals surface area contributed by atoms with Crippen molar-refractivity contribution >= 4 is 11.7 Å². The highest BCUT2D eigenvalue weighted by atomic mass is 19.1. The molecule has 1 aromatic carbocycles. The van der Waals surface area contributed by atoms with Crippen molar-refractivity contribution in [1.29, 1.82) is 0 Å². The van der Waals surface area contributed by atoms with Gasteiger partial charge in [0.1, 0.15) is 5.82 Å². The van der Waals surface area contributed by atoms with Crippen molar-refractivity contribution < 1.29 is 13.9 Å². The summed E-state index contributed by atoms with van der Waals surface area (Å²) < 4.78 is 18.7. The van der Waals surface area contributed by atoms with Crippen molar-refractivity contribution in [3.63, 3.8) is 0 Å². The molecule has 2 N–H and O–H groups in total. The number of anilines is 1. The number of hydrogen-bond donors (Lipinski definition) is 2. The van der Waals surface area contributed by atoms with Gasteiger partial charge < -0.3 is 15.4 Å². The molecule has 4 heterocycles. The van der Waals surface area contributed by atoms with Crippen LogP contribution in [0, 0.1) is 17.7 Å². The molecule has 1 unspecified atom stereocenters. The maximum absolute atomic E-state index is 13.3. The second-order valence-corrected chi connectivity index (χ2v) is 8.78. The average Bonchev–Trinajstić information content (AvgIpc) is 3.14. The van der Waals surface area contributed by atoms with E-state index in [0.29, 0.717) is 24.3 Å². The number of amides is 2. The van der Waals surface area contributed by atoms with E-state index < -0.39 is 0 Å². The highest BCUT2D eigenvalue weighted by Gasteiger charge is 2.41. The molecule has 7 heteroatoms. The monoisotopic (exact) mass is 404 g/mol. The Morgan fingerprint density at radius 2 is 2.17 bits per heavy atom. The molecular weight excluding hydrogens is 371 g/mol. The van der Waals surface area contributed by atoms with E-state index in [4.69, 9.17) is 4.74 Å². The molecule has 4 aliphatic rings. The molecule has 160 valence electrons. The van der Waals surface area contributed by atoms with E-state index in [-0.39, 0.29) is 11.8 Å². The maximum Gasteiger partial charge on any atom is 0.319 e. The van der Waals surface area contributed by atoms with Gasteiger partial charge in [-0.2, -0.15) is 0 Å². The average molecular weight is 405 g/mol. The molecule has 4 saturated heterocycles. The number of fused-ring (bicyclic) bond motifs is 3. The smallest absolute Gasteiger partial charge is 0.319 e. The first-order chi connectivity index (χ1) is 14.1. The number of halogens is 1. The molecule has 5 atom stereocenters. The Balaban J connectivity index is 1.24. The van der Waals surface area contributed by atoms with Crippen LogP contribution in [-0.4, -0.2) is 74.4 Å². The third-order valence-electron chi connectivity index (χ3n) is 6.92. The Morgan fingerprint density at radius 3 is 2.93 bits per heavy atom. The molecule has 6 nitrogen and oxygen atoms in total. The van der Waals surface area contributed by atoms with Crippen molar-refractivity contribution in [1.82, 2.24) is 15.1 Å². The number of hydrogen-bond acceptors (Lipinski definition) is 4. The largest absolute Gasteiger partial charge is 0.383 e. The van der Waals surface area contributed by atoms with Crippen LogP contribution in [0.25, 0.3) is 0 Å². The first-order valence-electron chi connectivity index (χ1n) is 10.9. The summed E-state index contributed by atoms with van der Waals surface area (Å²) in [5.41, 5.74) is 0.476. The van der Waals surface area contributed by atoms with Gasteiger partial charge in [0.25, 0.3) is 0 Å². The summed E-state index contributed by atoms with van der Waals surface area (Å²) in [6.45, 7) is 6.10. The molecule has 2 amide bonds. The van der Waals surface area contributed by atoms with Gasteiger partial charge in [0.05, 0.1) is 6.61 Å². The van der Waals surface area contributed by atoms with Crippen molar-refractivity contribution in [3.05, 3.63) is 30.1 Å². The van der Waals surface area contributed by atoms with E-state index >= 15 is 0 Å². The summed E-state index contributed by atoms with van der Waals surface area (Å²) in [4.78, 5) is 17.4. The van der Waals surface area contributed by atoms with Crippen molar-refractivity contribution in [2.45, 2.75) is 37.8 Å². The standard InChI is InChI=1S/C22H33FN4O2/c1-29-15-20-6-3-8-26(20)13-17-14-27-9-7-16(17)10-21(27)12-24-22(28)25-19-5-2-4-18(23)11-19/h2,4-5,11,16-17,20-21H,3,6-10,12-15H2,1H3,(H2,24,25,28)/t16-,17-,20+,21+/m0/s1. The molecule has 0 saturated carbocycles. The summed E-state index contributed by atoms with van der Waals surface area (Å²) in [6.07, 6.45) is 4.94. The Labute approximate surface area is 172 Å². The highest BCUT2D eigenvalue weighted by molar-refractivity contribution is 5.89. The molecular formula is C22H33FN4O2. The lowest BCUT2D eigenvalue weighted by Gasteiger charge is -2.51. The van der Waals surface area contributed by atoms with Crippen molar-refractivity contribution in [3.8, 4) is 0 Å². The number of ether oxygens (including phenoxy) is 1. The van der Waals surface area contributed by atoms with Crippen LogP contribution in [-0.2, 0) is 4.74 Å². The molecule has 1 aromatic rings. The molecule has 4 aliphatic heterocycles. The van der Waals surface area contributed by atoms with Crippen molar-refractivity contribution in [2.75, 3.05) is 51.8 Å². The van der Waals surface area contributed by atoms with Crippen LogP contribution in [0.3, 0.4) is 0 Å². The summed E-state index contributed by atoms with van der Waals surface area (Å²) in [6, 6.07) is 6.69. The Hall–Kier alpha value is -1.70.